The molecule has 0 atom stereocenters. The van der Waals surface area contributed by atoms with Crippen LogP contribution in [0, 0.1) is 19.7 Å². The van der Waals surface area contributed by atoms with Crippen LogP contribution in [0.15, 0.2) is 24.3 Å². The van der Waals surface area contributed by atoms with Gasteiger partial charge in [-0.3, -0.25) is 4.68 Å². The van der Waals surface area contributed by atoms with Crippen LogP contribution in [0.3, 0.4) is 0 Å². The van der Waals surface area contributed by atoms with E-state index in [0.717, 1.165) is 22.5 Å². The van der Waals surface area contributed by atoms with Crippen LogP contribution in [0.5, 0.6) is 0 Å². The van der Waals surface area contributed by atoms with Gasteiger partial charge in [-0.2, -0.15) is 5.10 Å². The number of rotatable bonds is 6. The Bertz CT molecular complexity index is 649. The van der Waals surface area contributed by atoms with E-state index in [1.165, 1.54) is 6.07 Å². The van der Waals surface area contributed by atoms with Gasteiger partial charge in [0, 0.05) is 23.3 Å². The first-order chi connectivity index (χ1) is 10.3. The Hall–Kier alpha value is -1.72. The molecule has 0 spiro atoms. The van der Waals surface area contributed by atoms with Crippen molar-refractivity contribution in [1.82, 2.24) is 15.1 Å². The number of hydrogen-bond acceptors (Lipinski definition) is 3. The van der Waals surface area contributed by atoms with Gasteiger partial charge in [0.25, 0.3) is 0 Å². The number of aryl methyl sites for hydroxylation is 1. The molecule has 2 N–H and O–H groups in total. The summed E-state index contributed by atoms with van der Waals surface area (Å²) in [7, 11) is 0. The van der Waals surface area contributed by atoms with Gasteiger partial charge in [0.1, 0.15) is 5.82 Å². The molecule has 0 amide bonds. The summed E-state index contributed by atoms with van der Waals surface area (Å²) in [5.74, 6) is -0.226. The molecular weight excluding hydrogens is 281 g/mol. The summed E-state index contributed by atoms with van der Waals surface area (Å²) < 4.78 is 15.2. The maximum absolute atomic E-state index is 13.4. The van der Waals surface area contributed by atoms with Gasteiger partial charge in [0.2, 0.25) is 0 Å². The van der Waals surface area contributed by atoms with Gasteiger partial charge in [-0.25, -0.2) is 4.39 Å². The molecule has 1 heterocycles. The number of nitrogens with zero attached hydrogens (tertiary/aromatic N) is 2. The maximum atomic E-state index is 13.4. The maximum Gasteiger partial charge on any atom is 0.123 e. The molecule has 4 nitrogen and oxygen atoms in total. The second-order valence-corrected chi connectivity index (χ2v) is 6.09. The van der Waals surface area contributed by atoms with Gasteiger partial charge >= 0.3 is 0 Å². The molecule has 22 heavy (non-hydrogen) atoms. The zero-order valence-electron chi connectivity index (χ0n) is 13.7. The van der Waals surface area contributed by atoms with Gasteiger partial charge in [-0.15, -0.1) is 0 Å². The van der Waals surface area contributed by atoms with Crippen molar-refractivity contribution < 1.29 is 9.50 Å². The van der Waals surface area contributed by atoms with Crippen LogP contribution in [0.4, 0.5) is 4.39 Å². The lowest BCUT2D eigenvalue weighted by atomic mass is 9.94. The Kier molecular flexibility index (Phi) is 4.98. The molecule has 0 aliphatic heterocycles. The molecule has 0 saturated heterocycles. The van der Waals surface area contributed by atoms with E-state index < -0.39 is 0 Å². The molecular formula is C17H24FN3O. The zero-order valence-corrected chi connectivity index (χ0v) is 13.7. The molecule has 0 bridgehead atoms. The Balaban J connectivity index is 2.15. The van der Waals surface area contributed by atoms with E-state index in [1.807, 2.05) is 38.4 Å². The van der Waals surface area contributed by atoms with Crippen LogP contribution in [-0.4, -0.2) is 21.5 Å². The Morgan fingerprint density at radius 1 is 1.32 bits per heavy atom. The van der Waals surface area contributed by atoms with Crippen molar-refractivity contribution in [3.8, 4) is 0 Å². The first-order valence-corrected chi connectivity index (χ1v) is 7.50. The van der Waals surface area contributed by atoms with E-state index in [4.69, 9.17) is 5.11 Å². The fourth-order valence-corrected chi connectivity index (χ4v) is 2.59. The highest BCUT2D eigenvalue weighted by Gasteiger charge is 2.21. The van der Waals surface area contributed by atoms with E-state index >= 15 is 0 Å². The number of halogens is 1. The minimum Gasteiger partial charge on any atom is -0.394 e. The summed E-state index contributed by atoms with van der Waals surface area (Å²) >= 11 is 0. The lowest BCUT2D eigenvalue weighted by Gasteiger charge is -2.27. The normalized spacial score (nSPS) is 11.9. The Morgan fingerprint density at radius 2 is 2.05 bits per heavy atom. The van der Waals surface area contributed by atoms with Crippen molar-refractivity contribution in [2.75, 3.05) is 6.61 Å². The minimum atomic E-state index is -0.347. The van der Waals surface area contributed by atoms with Crippen molar-refractivity contribution in [2.45, 2.75) is 46.3 Å². The Labute approximate surface area is 131 Å². The molecule has 0 aliphatic rings. The summed E-state index contributed by atoms with van der Waals surface area (Å²) in [6.07, 6.45) is 0. The number of aliphatic hydroxyl groups excluding tert-OH is 1. The lowest BCUT2D eigenvalue weighted by Crippen LogP contribution is -2.36. The van der Waals surface area contributed by atoms with Gasteiger partial charge in [-0.05, 0) is 45.4 Å². The van der Waals surface area contributed by atoms with Crippen LogP contribution in [0.2, 0.25) is 0 Å². The molecule has 0 fully saturated rings. The van der Waals surface area contributed by atoms with E-state index in [1.54, 1.807) is 12.1 Å². The Morgan fingerprint density at radius 3 is 2.68 bits per heavy atom. The molecule has 1 aromatic carbocycles. The molecule has 5 heteroatoms. The van der Waals surface area contributed by atoms with Crippen molar-refractivity contribution in [2.24, 2.45) is 0 Å². The van der Waals surface area contributed by atoms with Crippen molar-refractivity contribution >= 4 is 0 Å². The molecule has 0 aliphatic carbocycles. The average Bonchev–Trinajstić information content (AvgIpc) is 2.72. The average molecular weight is 305 g/mol. The van der Waals surface area contributed by atoms with Crippen molar-refractivity contribution in [1.29, 1.82) is 0 Å². The standard InChI is InChI=1S/C17H24FN3O/c1-12-16(13(2)21(20-12)8-9-22)11-19-17(3,4)14-6-5-7-15(18)10-14/h5-7,10,19,22H,8-9,11H2,1-4H3. The molecule has 0 radical (unpaired) electrons. The first kappa shape index (κ1) is 16.6. The van der Waals surface area contributed by atoms with E-state index in [2.05, 4.69) is 10.4 Å². The predicted octanol–water partition coefficient (Wildman–Crippen LogP) is 2.66. The second-order valence-electron chi connectivity index (χ2n) is 6.09. The summed E-state index contributed by atoms with van der Waals surface area (Å²) in [6, 6.07) is 6.66. The van der Waals surface area contributed by atoms with Crippen LogP contribution < -0.4 is 5.32 Å². The second kappa shape index (κ2) is 6.58. The topological polar surface area (TPSA) is 50.1 Å². The quantitative estimate of drug-likeness (QED) is 0.862. The highest BCUT2D eigenvalue weighted by Crippen LogP contribution is 2.22. The van der Waals surface area contributed by atoms with Crippen LogP contribution in [0.25, 0.3) is 0 Å². The molecule has 0 unspecified atom stereocenters. The summed E-state index contributed by atoms with van der Waals surface area (Å²) in [5, 5.41) is 17.0. The minimum absolute atomic E-state index is 0.0730. The number of benzene rings is 1. The summed E-state index contributed by atoms with van der Waals surface area (Å²) in [4.78, 5) is 0. The fraction of sp³-hybridized carbons (Fsp3) is 0.471. The zero-order chi connectivity index (χ0) is 16.3. The highest BCUT2D eigenvalue weighted by atomic mass is 19.1. The van der Waals surface area contributed by atoms with Gasteiger partial charge in [0.15, 0.2) is 0 Å². The molecule has 120 valence electrons. The molecule has 2 rings (SSSR count). The molecule has 1 aromatic heterocycles. The monoisotopic (exact) mass is 305 g/mol. The molecule has 0 saturated carbocycles. The third-order valence-corrected chi connectivity index (χ3v) is 4.10. The van der Waals surface area contributed by atoms with E-state index in [9.17, 15) is 4.39 Å². The number of aromatic nitrogens is 2. The van der Waals surface area contributed by atoms with Gasteiger partial charge < -0.3 is 10.4 Å². The summed E-state index contributed by atoms with van der Waals surface area (Å²) in [5.41, 5.74) is 3.69. The van der Waals surface area contributed by atoms with E-state index in [0.29, 0.717) is 13.1 Å². The fourth-order valence-electron chi connectivity index (χ4n) is 2.59. The third kappa shape index (κ3) is 3.54. The van der Waals surface area contributed by atoms with E-state index in [-0.39, 0.29) is 18.0 Å². The third-order valence-electron chi connectivity index (χ3n) is 4.10. The SMILES string of the molecule is Cc1nn(CCO)c(C)c1CNC(C)(C)c1cccc(F)c1. The summed E-state index contributed by atoms with van der Waals surface area (Å²) in [6.45, 7) is 9.25. The number of hydrogen-bond donors (Lipinski definition) is 2. The van der Waals surface area contributed by atoms with Crippen LogP contribution in [-0.2, 0) is 18.6 Å². The highest BCUT2D eigenvalue weighted by molar-refractivity contribution is 5.27. The van der Waals surface area contributed by atoms with Crippen molar-refractivity contribution in [3.05, 3.63) is 52.6 Å². The number of nitrogens with one attached hydrogen (secondary N) is 1. The first-order valence-electron chi connectivity index (χ1n) is 7.50. The van der Waals surface area contributed by atoms with Gasteiger partial charge in [-0.1, -0.05) is 12.1 Å². The van der Waals surface area contributed by atoms with Crippen LogP contribution >= 0.6 is 0 Å². The lowest BCUT2D eigenvalue weighted by molar-refractivity contribution is 0.267. The van der Waals surface area contributed by atoms with Crippen molar-refractivity contribution in [3.63, 3.8) is 0 Å². The van der Waals surface area contributed by atoms with Crippen LogP contribution in [0.1, 0.15) is 36.4 Å². The number of aliphatic hydroxyl groups is 1. The van der Waals surface area contributed by atoms with Gasteiger partial charge in [0.05, 0.1) is 18.8 Å². The molecule has 2 aromatic rings. The predicted molar refractivity (Wildman–Crippen MR) is 85.1 cm³/mol. The smallest absolute Gasteiger partial charge is 0.123 e. The largest absolute Gasteiger partial charge is 0.394 e.